The van der Waals surface area contributed by atoms with Crippen molar-refractivity contribution in [1.82, 2.24) is 5.32 Å². The van der Waals surface area contributed by atoms with Crippen molar-refractivity contribution in [2.75, 3.05) is 19.8 Å². The average Bonchev–Trinajstić information content (AvgIpc) is 3.22. The summed E-state index contributed by atoms with van der Waals surface area (Å²) in [6, 6.07) is 21.0. The number of carboxylic acids is 1. The maximum absolute atomic E-state index is 12.6. The van der Waals surface area contributed by atoms with E-state index < -0.39 is 25.9 Å². The molecule has 2 N–H and O–H groups in total. The van der Waals surface area contributed by atoms with Crippen molar-refractivity contribution in [3.8, 4) is 16.9 Å². The number of aliphatic carboxylic acids is 1. The van der Waals surface area contributed by atoms with Gasteiger partial charge in [0, 0.05) is 12.3 Å². The lowest BCUT2D eigenvalue weighted by Gasteiger charge is -2.18. The van der Waals surface area contributed by atoms with Crippen LogP contribution in [0.5, 0.6) is 5.75 Å². The number of phosphoric ester groups is 1. The number of nitrogens with one attached hydrogen (secondary N) is 1. The summed E-state index contributed by atoms with van der Waals surface area (Å²) >= 11 is 0. The summed E-state index contributed by atoms with van der Waals surface area (Å²) < 4.78 is 33.6. The van der Waals surface area contributed by atoms with Crippen LogP contribution < -0.4 is 9.84 Å². The highest BCUT2D eigenvalue weighted by atomic mass is 31.2. The third kappa shape index (κ3) is 6.42. The van der Waals surface area contributed by atoms with Gasteiger partial charge in [-0.05, 0) is 53.8 Å². The fourth-order valence-corrected chi connectivity index (χ4v) is 5.63. The van der Waals surface area contributed by atoms with Crippen LogP contribution in [-0.4, -0.2) is 43.0 Å². The SMILES string of the molecule is CCOP(=O)(OCC)Oc1ccc(C[C@H](NC(=O)OCC2c3ccccc3-c3ccccc32)C(=O)O)cc1. The maximum atomic E-state index is 12.6. The Bertz CT molecular complexity index is 1270. The smallest absolute Gasteiger partial charge is 0.480 e. The van der Waals surface area contributed by atoms with Crippen LogP contribution in [0.1, 0.15) is 36.5 Å². The number of carbonyl (C=O) groups excluding carboxylic acids is 1. The largest absolute Gasteiger partial charge is 0.530 e. The van der Waals surface area contributed by atoms with Gasteiger partial charge in [0.2, 0.25) is 0 Å². The van der Waals surface area contributed by atoms with Gasteiger partial charge >= 0.3 is 19.9 Å². The molecule has 0 fully saturated rings. The topological polar surface area (TPSA) is 120 Å². The van der Waals surface area contributed by atoms with Crippen LogP contribution in [0.15, 0.2) is 72.8 Å². The molecular formula is C28H30NO8P. The average molecular weight is 540 g/mol. The lowest BCUT2D eigenvalue weighted by atomic mass is 9.98. The summed E-state index contributed by atoms with van der Waals surface area (Å²) in [7, 11) is -3.74. The zero-order valence-electron chi connectivity index (χ0n) is 21.2. The summed E-state index contributed by atoms with van der Waals surface area (Å²) in [6.07, 6.45) is -0.803. The number of rotatable bonds is 12. The number of carboxylic acid groups (broad SMARTS) is 1. The summed E-state index contributed by atoms with van der Waals surface area (Å²) in [6.45, 7) is 3.73. The van der Waals surface area contributed by atoms with Crippen molar-refractivity contribution < 1.29 is 37.6 Å². The van der Waals surface area contributed by atoms with E-state index in [4.69, 9.17) is 18.3 Å². The fraction of sp³-hybridized carbons (Fsp3) is 0.286. The fourth-order valence-electron chi connectivity index (χ4n) is 4.44. The van der Waals surface area contributed by atoms with Crippen molar-refractivity contribution >= 4 is 19.9 Å². The van der Waals surface area contributed by atoms with Crippen LogP contribution in [-0.2, 0) is 29.6 Å². The van der Waals surface area contributed by atoms with Gasteiger partial charge in [-0.15, -0.1) is 0 Å². The molecule has 4 rings (SSSR count). The molecule has 3 aromatic carbocycles. The van der Waals surface area contributed by atoms with Crippen LogP contribution in [0, 0.1) is 0 Å². The molecule has 1 aliphatic carbocycles. The molecule has 0 saturated carbocycles. The summed E-state index contributed by atoms with van der Waals surface area (Å²) in [5, 5.41) is 12.1. The molecule has 9 nitrogen and oxygen atoms in total. The molecule has 0 unspecified atom stereocenters. The predicted octanol–water partition coefficient (Wildman–Crippen LogP) is 5.78. The van der Waals surface area contributed by atoms with E-state index in [1.807, 2.05) is 48.5 Å². The number of hydrogen-bond donors (Lipinski definition) is 2. The quantitative estimate of drug-likeness (QED) is 0.278. The van der Waals surface area contributed by atoms with Gasteiger partial charge in [-0.3, -0.25) is 9.05 Å². The second kappa shape index (κ2) is 12.3. The van der Waals surface area contributed by atoms with Gasteiger partial charge in [0.15, 0.2) is 0 Å². The highest BCUT2D eigenvalue weighted by Crippen LogP contribution is 2.49. The molecule has 200 valence electrons. The van der Waals surface area contributed by atoms with Gasteiger partial charge in [0.1, 0.15) is 18.4 Å². The van der Waals surface area contributed by atoms with Gasteiger partial charge in [0.25, 0.3) is 0 Å². The number of amides is 1. The van der Waals surface area contributed by atoms with Crippen molar-refractivity contribution in [2.45, 2.75) is 32.2 Å². The first-order valence-electron chi connectivity index (χ1n) is 12.4. The van der Waals surface area contributed by atoms with Crippen LogP contribution in [0.4, 0.5) is 4.79 Å². The summed E-state index contributed by atoms with van der Waals surface area (Å²) in [5.74, 6) is -1.08. The van der Waals surface area contributed by atoms with E-state index in [2.05, 4.69) is 5.32 Å². The summed E-state index contributed by atoms with van der Waals surface area (Å²) in [5.41, 5.74) is 4.96. The van der Waals surface area contributed by atoms with Gasteiger partial charge in [-0.25, -0.2) is 14.2 Å². The van der Waals surface area contributed by atoms with Gasteiger partial charge in [-0.1, -0.05) is 60.7 Å². The monoisotopic (exact) mass is 539 g/mol. The second-order valence-corrected chi connectivity index (χ2v) is 10.2. The van der Waals surface area contributed by atoms with Gasteiger partial charge in [-0.2, -0.15) is 0 Å². The molecule has 38 heavy (non-hydrogen) atoms. The van der Waals surface area contributed by atoms with Crippen LogP contribution in [0.25, 0.3) is 11.1 Å². The number of alkyl carbamates (subject to hydrolysis) is 1. The van der Waals surface area contributed by atoms with E-state index >= 15 is 0 Å². The van der Waals surface area contributed by atoms with E-state index in [0.29, 0.717) is 5.56 Å². The van der Waals surface area contributed by atoms with Crippen molar-refractivity contribution in [1.29, 1.82) is 0 Å². The Hall–Kier alpha value is -3.65. The first-order chi connectivity index (χ1) is 18.3. The normalized spacial score (nSPS) is 13.3. The highest BCUT2D eigenvalue weighted by Gasteiger charge is 2.30. The molecule has 10 heteroatoms. The van der Waals surface area contributed by atoms with E-state index in [1.165, 1.54) is 12.1 Å². The number of ether oxygens (including phenoxy) is 1. The van der Waals surface area contributed by atoms with Crippen molar-refractivity contribution in [3.63, 3.8) is 0 Å². The minimum Gasteiger partial charge on any atom is -0.480 e. The minimum absolute atomic E-state index is 0.00832. The molecule has 0 aliphatic heterocycles. The van der Waals surface area contributed by atoms with E-state index in [-0.39, 0.29) is 37.9 Å². The Kier molecular flexibility index (Phi) is 8.84. The van der Waals surface area contributed by atoms with Crippen LogP contribution >= 0.6 is 7.82 Å². The standard InChI is InChI=1S/C28H30NO8P/c1-3-35-38(33,36-4-2)37-20-15-13-19(14-16-20)17-26(27(30)31)29-28(32)34-18-25-23-11-7-5-9-21(23)22-10-6-8-12-24(22)25/h5-16,25-26H,3-4,17-18H2,1-2H3,(H,29,32)(H,30,31)/t26-/m0/s1. The number of benzene rings is 3. The zero-order valence-corrected chi connectivity index (χ0v) is 22.1. The molecule has 0 saturated heterocycles. The molecule has 0 radical (unpaired) electrons. The van der Waals surface area contributed by atoms with E-state index in [1.54, 1.807) is 26.0 Å². The van der Waals surface area contributed by atoms with Crippen molar-refractivity contribution in [2.24, 2.45) is 0 Å². The Balaban J connectivity index is 1.36. The lowest BCUT2D eigenvalue weighted by Crippen LogP contribution is -2.42. The lowest BCUT2D eigenvalue weighted by molar-refractivity contribution is -0.139. The summed E-state index contributed by atoms with van der Waals surface area (Å²) in [4.78, 5) is 24.4. The highest BCUT2D eigenvalue weighted by molar-refractivity contribution is 7.48. The maximum Gasteiger partial charge on any atom is 0.530 e. The molecule has 0 bridgehead atoms. The molecule has 1 amide bonds. The molecule has 0 heterocycles. The van der Waals surface area contributed by atoms with Crippen LogP contribution in [0.3, 0.4) is 0 Å². The van der Waals surface area contributed by atoms with Crippen LogP contribution in [0.2, 0.25) is 0 Å². The second-order valence-electron chi connectivity index (χ2n) is 8.58. The Morgan fingerprint density at radius 2 is 1.45 bits per heavy atom. The molecule has 0 aromatic heterocycles. The molecule has 3 aromatic rings. The Morgan fingerprint density at radius 1 is 0.895 bits per heavy atom. The first kappa shape index (κ1) is 27.4. The minimum atomic E-state index is -3.74. The number of phosphoric acid groups is 1. The number of fused-ring (bicyclic) bond motifs is 3. The Labute approximate surface area is 221 Å². The van der Waals surface area contributed by atoms with Gasteiger partial charge < -0.3 is 19.7 Å². The molecule has 0 spiro atoms. The van der Waals surface area contributed by atoms with E-state index in [0.717, 1.165) is 22.3 Å². The van der Waals surface area contributed by atoms with Crippen molar-refractivity contribution in [3.05, 3.63) is 89.5 Å². The zero-order chi connectivity index (χ0) is 27.1. The Morgan fingerprint density at radius 3 is 1.97 bits per heavy atom. The molecule has 1 atom stereocenters. The van der Waals surface area contributed by atoms with E-state index in [9.17, 15) is 19.3 Å². The van der Waals surface area contributed by atoms with Gasteiger partial charge in [0.05, 0.1) is 13.2 Å². The third-order valence-electron chi connectivity index (χ3n) is 6.09. The molecule has 1 aliphatic rings. The first-order valence-corrected chi connectivity index (χ1v) is 13.8. The number of carbonyl (C=O) groups is 2. The number of hydrogen-bond acceptors (Lipinski definition) is 7. The predicted molar refractivity (Wildman–Crippen MR) is 141 cm³/mol. The molecular weight excluding hydrogens is 509 g/mol. The third-order valence-corrected chi connectivity index (χ3v) is 7.67.